The first-order valence-corrected chi connectivity index (χ1v) is 9.04. The Hall–Kier alpha value is -2.24. The molecule has 0 unspecified atom stereocenters. The first-order valence-electron chi connectivity index (χ1n) is 9.04. The van der Waals surface area contributed by atoms with E-state index in [0.29, 0.717) is 6.04 Å². The summed E-state index contributed by atoms with van der Waals surface area (Å²) in [5.41, 5.74) is 3.39. The molecule has 5 nitrogen and oxygen atoms in total. The van der Waals surface area contributed by atoms with Crippen LogP contribution >= 0.6 is 0 Å². The third-order valence-corrected chi connectivity index (χ3v) is 4.82. The molecule has 2 aromatic rings. The van der Waals surface area contributed by atoms with Crippen LogP contribution in [0, 0.1) is 0 Å². The van der Waals surface area contributed by atoms with E-state index in [4.69, 9.17) is 0 Å². The number of aromatic nitrogens is 1. The van der Waals surface area contributed by atoms with E-state index in [-0.39, 0.29) is 11.9 Å². The maximum atomic E-state index is 12.2. The number of pyridine rings is 1. The summed E-state index contributed by atoms with van der Waals surface area (Å²) in [6.45, 7) is 3.46. The van der Waals surface area contributed by atoms with E-state index in [1.54, 1.807) is 0 Å². The number of nitrogens with zero attached hydrogens (tertiary/aromatic N) is 2. The Morgan fingerprint density at radius 1 is 1.20 bits per heavy atom. The van der Waals surface area contributed by atoms with E-state index in [2.05, 4.69) is 44.8 Å². The molecule has 0 spiro atoms. The van der Waals surface area contributed by atoms with Gasteiger partial charge >= 0.3 is 0 Å². The van der Waals surface area contributed by atoms with Crippen LogP contribution in [0.2, 0.25) is 0 Å². The number of nitrogens with one attached hydrogen (secondary N) is 2. The van der Waals surface area contributed by atoms with Gasteiger partial charge in [0, 0.05) is 44.0 Å². The number of amides is 1. The molecule has 130 valence electrons. The Bertz CT molecular complexity index is 712. The van der Waals surface area contributed by atoms with Crippen LogP contribution in [-0.4, -0.2) is 47.5 Å². The van der Waals surface area contributed by atoms with Gasteiger partial charge in [0.1, 0.15) is 0 Å². The van der Waals surface area contributed by atoms with Gasteiger partial charge in [0.05, 0.1) is 11.7 Å². The minimum atomic E-state index is -0.0952. The maximum absolute atomic E-state index is 12.2. The van der Waals surface area contributed by atoms with E-state index in [9.17, 15) is 4.79 Å². The molecule has 4 rings (SSSR count). The van der Waals surface area contributed by atoms with Gasteiger partial charge in [0.15, 0.2) is 0 Å². The Morgan fingerprint density at radius 2 is 2.04 bits per heavy atom. The topological polar surface area (TPSA) is 57.3 Å². The fraction of sp³-hybridized carbons (Fsp3) is 0.400. The molecule has 0 bridgehead atoms. The van der Waals surface area contributed by atoms with Crippen LogP contribution in [0.25, 0.3) is 11.3 Å². The lowest BCUT2D eigenvalue weighted by Crippen LogP contribution is -2.57. The molecule has 1 aliphatic carbocycles. The van der Waals surface area contributed by atoms with Gasteiger partial charge < -0.3 is 10.6 Å². The van der Waals surface area contributed by atoms with Crippen LogP contribution in [0.3, 0.4) is 0 Å². The van der Waals surface area contributed by atoms with Crippen molar-refractivity contribution in [1.82, 2.24) is 20.5 Å². The largest absolute Gasteiger partial charge is 0.352 e. The van der Waals surface area contributed by atoms with Crippen molar-refractivity contribution < 1.29 is 4.79 Å². The quantitative estimate of drug-likeness (QED) is 0.874. The highest BCUT2D eigenvalue weighted by Gasteiger charge is 2.30. The average molecular weight is 336 g/mol. The van der Waals surface area contributed by atoms with Crippen LogP contribution in [0.5, 0.6) is 0 Å². The molecule has 1 saturated heterocycles. The Morgan fingerprint density at radius 3 is 2.76 bits per heavy atom. The summed E-state index contributed by atoms with van der Waals surface area (Å²) in [6, 6.07) is 14.8. The number of hydrogen-bond acceptors (Lipinski definition) is 4. The predicted octanol–water partition coefficient (Wildman–Crippen LogP) is 1.80. The Kier molecular flexibility index (Phi) is 4.76. The first kappa shape index (κ1) is 16.2. The summed E-state index contributed by atoms with van der Waals surface area (Å²) in [5, 5.41) is 6.43. The maximum Gasteiger partial charge on any atom is 0.238 e. The molecule has 2 aliphatic rings. The van der Waals surface area contributed by atoms with Crippen molar-refractivity contribution in [2.75, 3.05) is 19.6 Å². The lowest BCUT2D eigenvalue weighted by molar-refractivity contribution is -0.124. The van der Waals surface area contributed by atoms with Crippen molar-refractivity contribution in [3.63, 3.8) is 0 Å². The van der Waals surface area contributed by atoms with Gasteiger partial charge in [-0.05, 0) is 30.5 Å². The SMILES string of the molecule is O=C(NC1CC1)[C@H]1CN(Cc2ccc(-c3ccccn3)cc2)CCN1. The Balaban J connectivity index is 1.35. The molecule has 2 heterocycles. The van der Waals surface area contributed by atoms with Crippen molar-refractivity contribution in [3.05, 3.63) is 54.2 Å². The lowest BCUT2D eigenvalue weighted by Gasteiger charge is -2.33. The van der Waals surface area contributed by atoms with Crippen LogP contribution < -0.4 is 10.6 Å². The molecule has 2 fully saturated rings. The van der Waals surface area contributed by atoms with Crippen molar-refractivity contribution in [3.8, 4) is 11.3 Å². The van der Waals surface area contributed by atoms with E-state index in [0.717, 1.165) is 50.3 Å². The fourth-order valence-corrected chi connectivity index (χ4v) is 3.23. The molecule has 0 radical (unpaired) electrons. The summed E-state index contributed by atoms with van der Waals surface area (Å²) in [5.74, 6) is 0.151. The number of hydrogen-bond donors (Lipinski definition) is 2. The van der Waals surface area contributed by atoms with Gasteiger partial charge in [-0.2, -0.15) is 0 Å². The summed E-state index contributed by atoms with van der Waals surface area (Å²) in [6.07, 6.45) is 4.08. The molecule has 1 atom stereocenters. The van der Waals surface area contributed by atoms with Gasteiger partial charge in [-0.3, -0.25) is 14.7 Å². The number of rotatable bonds is 5. The number of benzene rings is 1. The molecular weight excluding hydrogens is 312 g/mol. The van der Waals surface area contributed by atoms with E-state index in [1.807, 2.05) is 24.4 Å². The van der Waals surface area contributed by atoms with Crippen LogP contribution in [0.1, 0.15) is 18.4 Å². The summed E-state index contributed by atoms with van der Waals surface area (Å²) in [7, 11) is 0. The van der Waals surface area contributed by atoms with Gasteiger partial charge in [-0.25, -0.2) is 0 Å². The molecule has 25 heavy (non-hydrogen) atoms. The zero-order valence-corrected chi connectivity index (χ0v) is 14.3. The standard InChI is InChI=1S/C20H24N4O/c25-20(23-17-8-9-17)19-14-24(12-11-22-19)13-15-4-6-16(7-5-15)18-3-1-2-10-21-18/h1-7,10,17,19,22H,8-9,11-14H2,(H,23,25)/t19-/m1/s1. The second-order valence-electron chi connectivity index (χ2n) is 6.94. The molecule has 1 aromatic heterocycles. The van der Waals surface area contributed by atoms with E-state index in [1.165, 1.54) is 5.56 Å². The highest BCUT2D eigenvalue weighted by Crippen LogP contribution is 2.20. The van der Waals surface area contributed by atoms with Crippen LogP contribution in [0.4, 0.5) is 0 Å². The number of piperazine rings is 1. The summed E-state index contributed by atoms with van der Waals surface area (Å²) < 4.78 is 0. The predicted molar refractivity (Wildman–Crippen MR) is 97.9 cm³/mol. The van der Waals surface area contributed by atoms with Gasteiger partial charge in [0.2, 0.25) is 5.91 Å². The number of carbonyl (C=O) groups excluding carboxylic acids is 1. The molecular formula is C20H24N4O. The fourth-order valence-electron chi connectivity index (χ4n) is 3.23. The van der Waals surface area contributed by atoms with Crippen molar-refractivity contribution in [1.29, 1.82) is 0 Å². The van der Waals surface area contributed by atoms with Crippen molar-refractivity contribution in [2.24, 2.45) is 0 Å². The normalized spacial score (nSPS) is 21.0. The lowest BCUT2D eigenvalue weighted by atomic mass is 10.1. The van der Waals surface area contributed by atoms with Crippen LogP contribution in [-0.2, 0) is 11.3 Å². The highest BCUT2D eigenvalue weighted by molar-refractivity contribution is 5.82. The molecule has 1 aromatic carbocycles. The average Bonchev–Trinajstić information content (AvgIpc) is 3.47. The second-order valence-corrected chi connectivity index (χ2v) is 6.94. The molecule has 1 amide bonds. The molecule has 2 N–H and O–H groups in total. The molecule has 1 aliphatic heterocycles. The second kappa shape index (κ2) is 7.33. The smallest absolute Gasteiger partial charge is 0.238 e. The zero-order chi connectivity index (χ0) is 17.1. The van der Waals surface area contributed by atoms with Crippen molar-refractivity contribution in [2.45, 2.75) is 31.5 Å². The monoisotopic (exact) mass is 336 g/mol. The zero-order valence-electron chi connectivity index (χ0n) is 14.3. The molecule has 1 saturated carbocycles. The van der Waals surface area contributed by atoms with E-state index < -0.39 is 0 Å². The third-order valence-electron chi connectivity index (χ3n) is 4.82. The third kappa shape index (κ3) is 4.24. The summed E-state index contributed by atoms with van der Waals surface area (Å²) >= 11 is 0. The van der Waals surface area contributed by atoms with Gasteiger partial charge in [0.25, 0.3) is 0 Å². The Labute approximate surface area is 148 Å². The highest BCUT2D eigenvalue weighted by atomic mass is 16.2. The van der Waals surface area contributed by atoms with E-state index >= 15 is 0 Å². The minimum Gasteiger partial charge on any atom is -0.352 e. The van der Waals surface area contributed by atoms with Gasteiger partial charge in [-0.15, -0.1) is 0 Å². The first-order chi connectivity index (χ1) is 12.3. The van der Waals surface area contributed by atoms with Crippen molar-refractivity contribution >= 4 is 5.91 Å². The number of carbonyl (C=O) groups is 1. The molecule has 5 heteroatoms. The van der Waals surface area contributed by atoms with Crippen LogP contribution in [0.15, 0.2) is 48.7 Å². The summed E-state index contributed by atoms with van der Waals surface area (Å²) in [4.78, 5) is 19.0. The minimum absolute atomic E-state index is 0.0952. The van der Waals surface area contributed by atoms with Gasteiger partial charge in [-0.1, -0.05) is 30.3 Å².